The Morgan fingerprint density at radius 2 is 1.83 bits per heavy atom. The number of carbonyl (C=O) groups is 1. The van der Waals surface area contributed by atoms with Crippen molar-refractivity contribution in [1.82, 2.24) is 9.96 Å². The first-order valence-electron chi connectivity index (χ1n) is 8.40. The Morgan fingerprint density at radius 3 is 2.43 bits per heavy atom. The van der Waals surface area contributed by atoms with Crippen LogP contribution in [0.2, 0.25) is 0 Å². The second-order valence-corrected chi connectivity index (χ2v) is 6.64. The third-order valence-electron chi connectivity index (χ3n) is 5.35. The maximum absolute atomic E-state index is 12.2. The quantitative estimate of drug-likeness (QED) is 0.852. The molecule has 5 heteroatoms. The molecule has 1 fully saturated rings. The van der Waals surface area contributed by atoms with Crippen molar-refractivity contribution in [2.45, 2.75) is 37.8 Å². The maximum atomic E-state index is 12.2. The van der Waals surface area contributed by atoms with E-state index in [0.717, 1.165) is 38.8 Å². The summed E-state index contributed by atoms with van der Waals surface area (Å²) in [6.07, 6.45) is 2.97. The number of benzene rings is 1. The second kappa shape index (κ2) is 6.99. The maximum Gasteiger partial charge on any atom is 0.249 e. The van der Waals surface area contributed by atoms with E-state index in [4.69, 9.17) is 4.84 Å². The highest BCUT2D eigenvalue weighted by molar-refractivity contribution is 5.77. The molecular formula is C18H26N2O3. The van der Waals surface area contributed by atoms with E-state index in [0.29, 0.717) is 0 Å². The van der Waals surface area contributed by atoms with Crippen LogP contribution in [0, 0.1) is 5.92 Å². The number of carbonyl (C=O) groups excluding carboxylic acids is 1. The Balaban J connectivity index is 1.61. The van der Waals surface area contributed by atoms with Crippen molar-refractivity contribution in [1.29, 1.82) is 0 Å². The van der Waals surface area contributed by atoms with Gasteiger partial charge in [0.2, 0.25) is 5.91 Å². The summed E-state index contributed by atoms with van der Waals surface area (Å²) < 4.78 is 0. The first-order chi connectivity index (χ1) is 11.1. The Kier molecular flexibility index (Phi) is 4.99. The smallest absolute Gasteiger partial charge is 0.249 e. The molecule has 1 heterocycles. The third kappa shape index (κ3) is 3.42. The molecule has 0 unspecified atom stereocenters. The summed E-state index contributed by atoms with van der Waals surface area (Å²) in [5, 5.41) is 11.9. The van der Waals surface area contributed by atoms with Crippen LogP contribution in [0.15, 0.2) is 24.3 Å². The highest BCUT2D eigenvalue weighted by Crippen LogP contribution is 2.28. The fraction of sp³-hybridized carbons (Fsp3) is 0.611. The number of hydrogen-bond donors (Lipinski definition) is 1. The van der Waals surface area contributed by atoms with Gasteiger partial charge in [0.05, 0.1) is 13.2 Å². The van der Waals surface area contributed by atoms with Gasteiger partial charge in [-0.2, -0.15) is 0 Å². The van der Waals surface area contributed by atoms with Crippen LogP contribution in [-0.4, -0.2) is 60.4 Å². The highest BCUT2D eigenvalue weighted by Gasteiger charge is 2.35. The summed E-state index contributed by atoms with van der Waals surface area (Å²) in [5.41, 5.74) is 2.61. The zero-order valence-corrected chi connectivity index (χ0v) is 13.9. The number of aliphatic hydroxyl groups is 1. The molecule has 1 saturated heterocycles. The number of likely N-dealkylation sites (tertiary alicyclic amines) is 1. The van der Waals surface area contributed by atoms with Gasteiger partial charge in [-0.1, -0.05) is 24.3 Å². The van der Waals surface area contributed by atoms with Crippen LogP contribution in [0.4, 0.5) is 0 Å². The number of piperidine rings is 1. The molecule has 0 radical (unpaired) electrons. The molecule has 1 amide bonds. The van der Waals surface area contributed by atoms with E-state index in [1.807, 2.05) is 6.07 Å². The van der Waals surface area contributed by atoms with Crippen LogP contribution in [0.5, 0.6) is 0 Å². The fourth-order valence-corrected chi connectivity index (χ4v) is 3.88. The number of amides is 1. The van der Waals surface area contributed by atoms with Crippen LogP contribution in [0.1, 0.15) is 24.0 Å². The largest absolute Gasteiger partial charge is 0.391 e. The summed E-state index contributed by atoms with van der Waals surface area (Å²) in [4.78, 5) is 19.5. The third-order valence-corrected chi connectivity index (χ3v) is 5.35. The van der Waals surface area contributed by atoms with Crippen molar-refractivity contribution in [2.24, 2.45) is 5.92 Å². The Morgan fingerprint density at radius 1 is 1.22 bits per heavy atom. The molecule has 1 N–H and O–H groups in total. The van der Waals surface area contributed by atoms with Crippen LogP contribution in [0.25, 0.3) is 0 Å². The summed E-state index contributed by atoms with van der Waals surface area (Å²) in [6.45, 7) is 1.72. The number of hydrogen-bond acceptors (Lipinski definition) is 4. The lowest BCUT2D eigenvalue weighted by Crippen LogP contribution is -2.52. The zero-order valence-electron chi connectivity index (χ0n) is 13.9. The van der Waals surface area contributed by atoms with Crippen LogP contribution < -0.4 is 0 Å². The molecule has 0 spiro atoms. The van der Waals surface area contributed by atoms with Crippen molar-refractivity contribution in [3.8, 4) is 0 Å². The topological polar surface area (TPSA) is 53.0 Å². The van der Waals surface area contributed by atoms with Crippen LogP contribution in [0.3, 0.4) is 0 Å². The minimum Gasteiger partial charge on any atom is -0.391 e. The minimum atomic E-state index is -0.321. The second-order valence-electron chi connectivity index (χ2n) is 6.64. The highest BCUT2D eigenvalue weighted by atomic mass is 16.7. The molecule has 23 heavy (non-hydrogen) atoms. The van der Waals surface area contributed by atoms with E-state index in [2.05, 4.69) is 23.1 Å². The van der Waals surface area contributed by atoms with E-state index in [1.165, 1.54) is 23.3 Å². The molecule has 1 aromatic rings. The summed E-state index contributed by atoms with van der Waals surface area (Å²) in [7, 11) is 3.18. The Labute approximate surface area is 137 Å². The number of rotatable bonds is 3. The lowest BCUT2D eigenvalue weighted by atomic mass is 9.84. The van der Waals surface area contributed by atoms with Crippen molar-refractivity contribution < 1.29 is 14.7 Å². The van der Waals surface area contributed by atoms with Gasteiger partial charge in [0.15, 0.2) is 0 Å². The molecule has 0 aromatic heterocycles. The van der Waals surface area contributed by atoms with Gasteiger partial charge in [0.1, 0.15) is 0 Å². The predicted octanol–water partition coefficient (Wildman–Crippen LogP) is 1.25. The standard InChI is InChI=1S/C18H26N2O3/c1-19(23-2)18(22)13-7-9-20(10-8-13)16-11-14-5-3-4-6-15(14)12-17(16)21/h3-6,13,16-17,21H,7-12H2,1-2H3/t16-,17-/m0/s1. The van der Waals surface area contributed by atoms with Gasteiger partial charge in [0.25, 0.3) is 0 Å². The minimum absolute atomic E-state index is 0.0317. The lowest BCUT2D eigenvalue weighted by molar-refractivity contribution is -0.175. The van der Waals surface area contributed by atoms with Gasteiger partial charge in [0, 0.05) is 25.4 Å². The van der Waals surface area contributed by atoms with E-state index >= 15 is 0 Å². The Hall–Kier alpha value is -1.43. The molecule has 0 bridgehead atoms. The molecular weight excluding hydrogens is 292 g/mol. The van der Waals surface area contributed by atoms with E-state index in [-0.39, 0.29) is 24.0 Å². The van der Waals surface area contributed by atoms with Crippen molar-refractivity contribution in [3.63, 3.8) is 0 Å². The number of nitrogens with zero attached hydrogens (tertiary/aromatic N) is 2. The average Bonchev–Trinajstić information content (AvgIpc) is 2.60. The van der Waals surface area contributed by atoms with Gasteiger partial charge >= 0.3 is 0 Å². The molecule has 1 aliphatic carbocycles. The van der Waals surface area contributed by atoms with E-state index in [9.17, 15) is 9.90 Å². The van der Waals surface area contributed by atoms with Crippen molar-refractivity contribution in [3.05, 3.63) is 35.4 Å². The number of fused-ring (bicyclic) bond motifs is 1. The van der Waals surface area contributed by atoms with Crippen LogP contribution >= 0.6 is 0 Å². The van der Waals surface area contributed by atoms with Crippen molar-refractivity contribution >= 4 is 5.91 Å². The molecule has 3 rings (SSSR count). The summed E-state index contributed by atoms with van der Waals surface area (Å²) in [5.74, 6) is 0.0888. The number of aliphatic hydroxyl groups excluding tert-OH is 1. The molecule has 1 aromatic carbocycles. The van der Waals surface area contributed by atoms with Crippen molar-refractivity contribution in [2.75, 3.05) is 27.2 Å². The molecule has 2 aliphatic rings. The monoisotopic (exact) mass is 318 g/mol. The zero-order chi connectivity index (χ0) is 16.4. The number of hydroxylamine groups is 2. The van der Waals surface area contributed by atoms with Gasteiger partial charge in [-0.15, -0.1) is 0 Å². The fourth-order valence-electron chi connectivity index (χ4n) is 3.88. The van der Waals surface area contributed by atoms with Crippen LogP contribution in [-0.2, 0) is 22.5 Å². The van der Waals surface area contributed by atoms with E-state index < -0.39 is 0 Å². The molecule has 2 atom stereocenters. The lowest BCUT2D eigenvalue weighted by Gasteiger charge is -2.42. The summed E-state index contributed by atoms with van der Waals surface area (Å²) in [6, 6.07) is 8.55. The normalized spacial score (nSPS) is 25.9. The van der Waals surface area contributed by atoms with E-state index in [1.54, 1.807) is 7.05 Å². The molecule has 0 saturated carbocycles. The average molecular weight is 318 g/mol. The SMILES string of the molecule is CON(C)C(=O)C1CCN([C@H]2Cc3ccccc3C[C@@H]2O)CC1. The predicted molar refractivity (Wildman–Crippen MR) is 87.7 cm³/mol. The summed E-state index contributed by atoms with van der Waals surface area (Å²) >= 11 is 0. The van der Waals surface area contributed by atoms with Gasteiger partial charge in [-0.25, -0.2) is 5.06 Å². The van der Waals surface area contributed by atoms with Gasteiger partial charge in [-0.05, 0) is 43.5 Å². The first kappa shape index (κ1) is 16.4. The van der Waals surface area contributed by atoms with Gasteiger partial charge in [-0.3, -0.25) is 14.5 Å². The molecule has 5 nitrogen and oxygen atoms in total. The molecule has 126 valence electrons. The molecule has 1 aliphatic heterocycles. The van der Waals surface area contributed by atoms with Gasteiger partial charge < -0.3 is 5.11 Å². The first-order valence-corrected chi connectivity index (χ1v) is 8.40. The Bertz CT molecular complexity index is 555.